The van der Waals surface area contributed by atoms with Gasteiger partial charge in [0.2, 0.25) is 0 Å². The minimum absolute atomic E-state index is 0.0840. The van der Waals surface area contributed by atoms with E-state index in [9.17, 15) is 22.8 Å². The van der Waals surface area contributed by atoms with Crippen molar-refractivity contribution in [1.29, 1.82) is 0 Å². The van der Waals surface area contributed by atoms with Crippen LogP contribution in [0.2, 0.25) is 0 Å². The van der Waals surface area contributed by atoms with Crippen LogP contribution in [-0.2, 0) is 4.79 Å². The number of nitrogens with zero attached hydrogens (tertiary/aromatic N) is 1. The summed E-state index contributed by atoms with van der Waals surface area (Å²) in [6.45, 7) is -1.46. The number of carboxylic acid groups (broad SMARTS) is 1. The lowest BCUT2D eigenvalue weighted by Gasteiger charge is -2.21. The highest BCUT2D eigenvalue weighted by molar-refractivity contribution is 7.99. The van der Waals surface area contributed by atoms with Crippen LogP contribution in [0.3, 0.4) is 0 Å². The number of carbonyl (C=O) groups is 2. The Morgan fingerprint density at radius 2 is 2.12 bits per heavy atom. The van der Waals surface area contributed by atoms with Crippen LogP contribution in [-0.4, -0.2) is 52.4 Å². The molecule has 0 radical (unpaired) electrons. The second-order valence-corrected chi connectivity index (χ2v) is 4.10. The first kappa shape index (κ1) is 12.9. The van der Waals surface area contributed by atoms with Gasteiger partial charge in [-0.05, 0) is 0 Å². The summed E-state index contributed by atoms with van der Waals surface area (Å²) in [6.07, 6.45) is -4.50. The molecule has 9 heteroatoms. The molecule has 1 saturated heterocycles. The molecule has 0 aliphatic carbocycles. The molecule has 16 heavy (non-hydrogen) atoms. The van der Waals surface area contributed by atoms with E-state index in [4.69, 9.17) is 5.11 Å². The number of nitrogens with one attached hydrogen (secondary N) is 1. The minimum atomic E-state index is -4.50. The van der Waals surface area contributed by atoms with Gasteiger partial charge in [-0.1, -0.05) is 0 Å². The number of thioether (sulfide) groups is 1. The summed E-state index contributed by atoms with van der Waals surface area (Å²) in [4.78, 5) is 22.8. The van der Waals surface area contributed by atoms with E-state index in [-0.39, 0.29) is 11.6 Å². The molecule has 5 nitrogen and oxygen atoms in total. The van der Waals surface area contributed by atoms with Gasteiger partial charge >= 0.3 is 18.2 Å². The fourth-order valence-corrected chi connectivity index (χ4v) is 2.27. The Hall–Kier alpha value is -1.12. The molecule has 0 spiro atoms. The van der Waals surface area contributed by atoms with Gasteiger partial charge < -0.3 is 15.3 Å². The molecule has 1 fully saturated rings. The van der Waals surface area contributed by atoms with Crippen LogP contribution >= 0.6 is 11.8 Å². The second-order valence-electron chi connectivity index (χ2n) is 3.10. The average molecular weight is 258 g/mol. The lowest BCUT2D eigenvalue weighted by molar-refractivity contribution is -0.140. The highest BCUT2D eigenvalue weighted by atomic mass is 32.2. The van der Waals surface area contributed by atoms with E-state index in [0.717, 1.165) is 4.90 Å². The maximum Gasteiger partial charge on any atom is 0.405 e. The van der Waals surface area contributed by atoms with Crippen molar-refractivity contribution in [2.75, 3.05) is 18.2 Å². The second kappa shape index (κ2) is 4.81. The van der Waals surface area contributed by atoms with E-state index in [1.165, 1.54) is 11.8 Å². The number of carboxylic acids is 1. The van der Waals surface area contributed by atoms with Crippen LogP contribution in [0, 0.1) is 0 Å². The van der Waals surface area contributed by atoms with Gasteiger partial charge in [-0.15, -0.1) is 11.8 Å². The minimum Gasteiger partial charge on any atom is -0.480 e. The Morgan fingerprint density at radius 1 is 1.50 bits per heavy atom. The Morgan fingerprint density at radius 3 is 2.62 bits per heavy atom. The molecule has 1 aliphatic heterocycles. The molecule has 92 valence electrons. The molecule has 0 aromatic carbocycles. The van der Waals surface area contributed by atoms with E-state index in [2.05, 4.69) is 0 Å². The van der Waals surface area contributed by atoms with E-state index >= 15 is 0 Å². The summed E-state index contributed by atoms with van der Waals surface area (Å²) in [7, 11) is 0. The molecule has 0 aromatic rings. The molecular weight excluding hydrogens is 249 g/mol. The first-order valence-corrected chi connectivity index (χ1v) is 5.38. The zero-order chi connectivity index (χ0) is 12.3. The summed E-state index contributed by atoms with van der Waals surface area (Å²) < 4.78 is 35.4. The van der Waals surface area contributed by atoms with Gasteiger partial charge in [-0.3, -0.25) is 0 Å². The van der Waals surface area contributed by atoms with Crippen molar-refractivity contribution >= 4 is 23.8 Å². The van der Waals surface area contributed by atoms with Crippen molar-refractivity contribution in [3.8, 4) is 0 Å². The van der Waals surface area contributed by atoms with Gasteiger partial charge in [-0.2, -0.15) is 13.2 Å². The van der Waals surface area contributed by atoms with Gasteiger partial charge in [0.15, 0.2) is 0 Å². The van der Waals surface area contributed by atoms with Crippen LogP contribution < -0.4 is 5.32 Å². The normalized spacial score (nSPS) is 20.9. The Balaban J connectivity index is 2.50. The lowest BCUT2D eigenvalue weighted by atomic mass is 10.3. The standard InChI is InChI=1S/C7H9F3N2O3S/c8-7(9,10)2-11-6(15)12-3-16-1-4(12)5(13)14/h4H,1-3H2,(H,11,15)(H,13,14)/t4-/m0/s1. The number of aliphatic carboxylic acids is 1. The Labute approximate surface area is 93.0 Å². The number of alkyl halides is 3. The van der Waals surface area contributed by atoms with Crippen molar-refractivity contribution in [3.05, 3.63) is 0 Å². The first-order valence-electron chi connectivity index (χ1n) is 4.23. The zero-order valence-electron chi connectivity index (χ0n) is 7.95. The number of rotatable bonds is 2. The van der Waals surface area contributed by atoms with E-state index in [1.54, 1.807) is 5.32 Å². The zero-order valence-corrected chi connectivity index (χ0v) is 8.77. The van der Waals surface area contributed by atoms with Crippen LogP contribution in [0.1, 0.15) is 0 Å². The first-order chi connectivity index (χ1) is 7.31. The maximum atomic E-state index is 11.8. The third kappa shape index (κ3) is 3.47. The molecule has 2 amide bonds. The molecule has 0 unspecified atom stereocenters. The van der Waals surface area contributed by atoms with Crippen molar-refractivity contribution in [2.45, 2.75) is 12.2 Å². The molecule has 1 atom stereocenters. The quantitative estimate of drug-likeness (QED) is 0.765. The fraction of sp³-hybridized carbons (Fsp3) is 0.714. The van der Waals surface area contributed by atoms with E-state index in [0.29, 0.717) is 0 Å². The molecule has 0 saturated carbocycles. The monoisotopic (exact) mass is 258 g/mol. The van der Waals surface area contributed by atoms with Gasteiger partial charge in [0.1, 0.15) is 12.6 Å². The van der Waals surface area contributed by atoms with Gasteiger partial charge in [-0.25, -0.2) is 9.59 Å². The van der Waals surface area contributed by atoms with Crippen molar-refractivity contribution < 1.29 is 27.9 Å². The summed E-state index contributed by atoms with van der Waals surface area (Å²) in [5.74, 6) is -0.942. The van der Waals surface area contributed by atoms with Crippen LogP contribution in [0.15, 0.2) is 0 Å². The van der Waals surface area contributed by atoms with Crippen molar-refractivity contribution in [3.63, 3.8) is 0 Å². The summed E-state index contributed by atoms with van der Waals surface area (Å²) >= 11 is 1.18. The number of amides is 2. The highest BCUT2D eigenvalue weighted by Crippen LogP contribution is 2.21. The number of hydrogen-bond donors (Lipinski definition) is 2. The summed E-state index contributed by atoms with van der Waals surface area (Å²) in [5.41, 5.74) is 0. The molecule has 1 aliphatic rings. The SMILES string of the molecule is O=C(O)[C@@H]1CSCN1C(=O)NCC(F)(F)F. The van der Waals surface area contributed by atoms with E-state index in [1.807, 2.05) is 0 Å². The fourth-order valence-electron chi connectivity index (χ4n) is 1.12. The Bertz CT molecular complexity index is 297. The van der Waals surface area contributed by atoms with E-state index < -0.39 is 30.8 Å². The smallest absolute Gasteiger partial charge is 0.405 e. The Kier molecular flexibility index (Phi) is 3.89. The summed E-state index contributed by atoms with van der Waals surface area (Å²) in [6, 6.07) is -2.06. The topological polar surface area (TPSA) is 69.6 Å². The number of hydrogen-bond acceptors (Lipinski definition) is 3. The third-order valence-corrected chi connectivity index (χ3v) is 2.88. The molecule has 0 bridgehead atoms. The predicted octanol–water partition coefficient (Wildman–Crippen LogP) is 0.718. The lowest BCUT2D eigenvalue weighted by Crippen LogP contribution is -2.48. The molecule has 1 rings (SSSR count). The number of urea groups is 1. The molecule has 0 aromatic heterocycles. The van der Waals surface area contributed by atoms with Crippen LogP contribution in [0.5, 0.6) is 0 Å². The largest absolute Gasteiger partial charge is 0.480 e. The van der Waals surface area contributed by atoms with Crippen molar-refractivity contribution in [1.82, 2.24) is 10.2 Å². The van der Waals surface area contributed by atoms with Crippen LogP contribution in [0.25, 0.3) is 0 Å². The van der Waals surface area contributed by atoms with Gasteiger partial charge in [0, 0.05) is 5.75 Å². The highest BCUT2D eigenvalue weighted by Gasteiger charge is 2.36. The van der Waals surface area contributed by atoms with Gasteiger partial charge in [0.25, 0.3) is 0 Å². The summed E-state index contributed by atoms with van der Waals surface area (Å²) in [5, 5.41) is 10.3. The number of carbonyl (C=O) groups excluding carboxylic acids is 1. The van der Waals surface area contributed by atoms with Gasteiger partial charge in [0.05, 0.1) is 5.88 Å². The molecule has 2 N–H and O–H groups in total. The molecule has 1 heterocycles. The van der Waals surface area contributed by atoms with Crippen LogP contribution in [0.4, 0.5) is 18.0 Å². The third-order valence-electron chi connectivity index (χ3n) is 1.87. The predicted molar refractivity (Wildman–Crippen MR) is 50.0 cm³/mol. The molecular formula is C7H9F3N2O3S. The maximum absolute atomic E-state index is 11.8. The van der Waals surface area contributed by atoms with Crippen molar-refractivity contribution in [2.24, 2.45) is 0 Å². The number of halogens is 3. The average Bonchev–Trinajstić information content (AvgIpc) is 2.61.